The summed E-state index contributed by atoms with van der Waals surface area (Å²) in [6.07, 6.45) is 0.851. The number of hydrogen-bond donors (Lipinski definition) is 3. The third-order valence-electron chi connectivity index (χ3n) is 3.35. The molecule has 0 saturated carbocycles. The molecule has 0 radical (unpaired) electrons. The minimum absolute atomic E-state index is 0.0495. The van der Waals surface area contributed by atoms with Crippen molar-refractivity contribution in [2.45, 2.75) is 44.7 Å². The highest BCUT2D eigenvalue weighted by molar-refractivity contribution is 5.86. The number of carboxylic acid groups (broad SMARTS) is 1. The second kappa shape index (κ2) is 6.15. The van der Waals surface area contributed by atoms with Crippen LogP contribution in [0.3, 0.4) is 0 Å². The number of carboxylic acids is 1. The molecule has 1 aliphatic heterocycles. The Morgan fingerprint density at radius 2 is 1.94 bits per heavy atom. The molecule has 1 aliphatic rings. The zero-order valence-corrected chi connectivity index (χ0v) is 10.9. The number of rotatable bonds is 5. The van der Waals surface area contributed by atoms with Crippen molar-refractivity contribution in [2.24, 2.45) is 11.7 Å². The first-order valence-corrected chi connectivity index (χ1v) is 6.24. The largest absolute Gasteiger partial charge is 0.481 e. The summed E-state index contributed by atoms with van der Waals surface area (Å²) < 4.78 is 5.18. The maximum atomic E-state index is 12.1. The number of carbonyl (C=O) groups is 2. The minimum Gasteiger partial charge on any atom is -0.481 e. The molecule has 1 amide bonds. The van der Waals surface area contributed by atoms with Gasteiger partial charge in [0.25, 0.3) is 0 Å². The molecule has 0 bridgehead atoms. The van der Waals surface area contributed by atoms with Crippen LogP contribution >= 0.6 is 0 Å². The van der Waals surface area contributed by atoms with Crippen molar-refractivity contribution in [3.63, 3.8) is 0 Å². The molecule has 1 heterocycles. The average molecular weight is 258 g/mol. The summed E-state index contributed by atoms with van der Waals surface area (Å²) in [4.78, 5) is 22.9. The molecule has 0 aromatic carbocycles. The van der Waals surface area contributed by atoms with Crippen LogP contribution in [0.5, 0.6) is 0 Å². The predicted octanol–water partition coefficient (Wildman–Crippen LogP) is 0.110. The summed E-state index contributed by atoms with van der Waals surface area (Å²) in [7, 11) is 0. The Bertz CT molecular complexity index is 311. The fourth-order valence-electron chi connectivity index (χ4n) is 1.92. The summed E-state index contributed by atoms with van der Waals surface area (Å²) in [6.45, 7) is 4.69. The predicted molar refractivity (Wildman–Crippen MR) is 66.0 cm³/mol. The van der Waals surface area contributed by atoms with E-state index in [0.717, 1.165) is 0 Å². The highest BCUT2D eigenvalue weighted by Crippen LogP contribution is 2.19. The number of ether oxygens (including phenoxy) is 1. The van der Waals surface area contributed by atoms with E-state index in [1.165, 1.54) is 0 Å². The third-order valence-corrected chi connectivity index (χ3v) is 3.35. The molecule has 104 valence electrons. The Balaban J connectivity index is 2.62. The summed E-state index contributed by atoms with van der Waals surface area (Å²) in [5.41, 5.74) is 5.12. The molecule has 0 spiro atoms. The van der Waals surface area contributed by atoms with Gasteiger partial charge in [-0.2, -0.15) is 0 Å². The Hall–Kier alpha value is -1.14. The van der Waals surface area contributed by atoms with E-state index in [1.807, 2.05) is 13.8 Å². The molecule has 0 aromatic heterocycles. The standard InChI is InChI=1S/C12H22N2O4/c1-8(2)9(7-10(15)16)14-11(17)12(13)3-5-18-6-4-12/h8-9H,3-7,13H2,1-2H3,(H,14,17)(H,15,16). The van der Waals surface area contributed by atoms with E-state index < -0.39 is 17.6 Å². The van der Waals surface area contributed by atoms with Crippen LogP contribution < -0.4 is 11.1 Å². The molecule has 0 aromatic rings. The van der Waals surface area contributed by atoms with Crippen LogP contribution in [0.2, 0.25) is 0 Å². The van der Waals surface area contributed by atoms with Crippen LogP contribution in [0.25, 0.3) is 0 Å². The van der Waals surface area contributed by atoms with E-state index in [4.69, 9.17) is 15.6 Å². The fraction of sp³-hybridized carbons (Fsp3) is 0.833. The van der Waals surface area contributed by atoms with Gasteiger partial charge < -0.3 is 20.9 Å². The van der Waals surface area contributed by atoms with E-state index in [1.54, 1.807) is 0 Å². The van der Waals surface area contributed by atoms with Crippen molar-refractivity contribution >= 4 is 11.9 Å². The minimum atomic E-state index is -0.927. The van der Waals surface area contributed by atoms with Crippen LogP contribution in [-0.2, 0) is 14.3 Å². The first kappa shape index (κ1) is 14.9. The van der Waals surface area contributed by atoms with Crippen LogP contribution in [0.15, 0.2) is 0 Å². The molecule has 1 rings (SSSR count). The van der Waals surface area contributed by atoms with Crippen LogP contribution in [-0.4, -0.2) is 41.8 Å². The Morgan fingerprint density at radius 3 is 2.39 bits per heavy atom. The van der Waals surface area contributed by atoms with Crippen molar-refractivity contribution in [1.29, 1.82) is 0 Å². The average Bonchev–Trinajstić information content (AvgIpc) is 2.28. The van der Waals surface area contributed by atoms with Crippen molar-refractivity contribution in [3.8, 4) is 0 Å². The van der Waals surface area contributed by atoms with E-state index in [9.17, 15) is 9.59 Å². The molecule has 1 saturated heterocycles. The fourth-order valence-corrected chi connectivity index (χ4v) is 1.92. The SMILES string of the molecule is CC(C)C(CC(=O)O)NC(=O)C1(N)CCOCC1. The van der Waals surface area contributed by atoms with Gasteiger partial charge in [-0.3, -0.25) is 9.59 Å². The van der Waals surface area contributed by atoms with Crippen molar-refractivity contribution in [3.05, 3.63) is 0 Å². The monoisotopic (exact) mass is 258 g/mol. The quantitative estimate of drug-likeness (QED) is 0.649. The number of amides is 1. The van der Waals surface area contributed by atoms with E-state index >= 15 is 0 Å². The third kappa shape index (κ3) is 3.96. The van der Waals surface area contributed by atoms with Gasteiger partial charge in [0.1, 0.15) is 0 Å². The van der Waals surface area contributed by atoms with Gasteiger partial charge in [0.2, 0.25) is 5.91 Å². The first-order chi connectivity index (χ1) is 8.35. The number of hydrogen-bond acceptors (Lipinski definition) is 4. The van der Waals surface area contributed by atoms with Gasteiger partial charge in [-0.15, -0.1) is 0 Å². The Labute approximate surface area is 107 Å². The summed E-state index contributed by atoms with van der Waals surface area (Å²) in [6, 6.07) is -0.390. The molecule has 1 unspecified atom stereocenters. The second-order valence-electron chi connectivity index (χ2n) is 5.19. The molecule has 0 aliphatic carbocycles. The zero-order chi connectivity index (χ0) is 13.8. The molecule has 1 fully saturated rings. The van der Waals surface area contributed by atoms with Gasteiger partial charge in [0.15, 0.2) is 0 Å². The lowest BCUT2D eigenvalue weighted by molar-refractivity contribution is -0.138. The van der Waals surface area contributed by atoms with Gasteiger partial charge in [0, 0.05) is 19.3 Å². The van der Waals surface area contributed by atoms with Gasteiger partial charge in [-0.25, -0.2) is 0 Å². The van der Waals surface area contributed by atoms with Crippen molar-refractivity contribution in [2.75, 3.05) is 13.2 Å². The maximum Gasteiger partial charge on any atom is 0.305 e. The smallest absolute Gasteiger partial charge is 0.305 e. The Kier molecular flexibility index (Phi) is 5.10. The molecular formula is C12H22N2O4. The summed E-state index contributed by atoms with van der Waals surface area (Å²) in [5, 5.41) is 11.6. The van der Waals surface area contributed by atoms with Crippen molar-refractivity contribution < 1.29 is 19.4 Å². The van der Waals surface area contributed by atoms with Crippen LogP contribution in [0, 0.1) is 5.92 Å². The van der Waals surface area contributed by atoms with Crippen LogP contribution in [0.4, 0.5) is 0 Å². The highest BCUT2D eigenvalue weighted by atomic mass is 16.5. The molecule has 6 heteroatoms. The number of nitrogens with two attached hydrogens (primary N) is 1. The molecule has 18 heavy (non-hydrogen) atoms. The topological polar surface area (TPSA) is 102 Å². The number of nitrogens with one attached hydrogen (secondary N) is 1. The van der Waals surface area contributed by atoms with Gasteiger partial charge in [-0.1, -0.05) is 13.8 Å². The van der Waals surface area contributed by atoms with Crippen molar-refractivity contribution in [1.82, 2.24) is 5.32 Å². The molecule has 6 nitrogen and oxygen atoms in total. The molecular weight excluding hydrogens is 236 g/mol. The second-order valence-corrected chi connectivity index (χ2v) is 5.19. The lowest BCUT2D eigenvalue weighted by atomic mass is 9.89. The van der Waals surface area contributed by atoms with E-state index in [2.05, 4.69) is 5.32 Å². The summed E-state index contributed by atoms with van der Waals surface area (Å²) in [5.74, 6) is -1.15. The van der Waals surface area contributed by atoms with Gasteiger partial charge in [-0.05, 0) is 18.8 Å². The number of aliphatic carboxylic acids is 1. The van der Waals surface area contributed by atoms with Crippen LogP contribution in [0.1, 0.15) is 33.1 Å². The van der Waals surface area contributed by atoms with E-state index in [-0.39, 0.29) is 18.2 Å². The highest BCUT2D eigenvalue weighted by Gasteiger charge is 2.37. The first-order valence-electron chi connectivity index (χ1n) is 6.24. The van der Waals surface area contributed by atoms with E-state index in [0.29, 0.717) is 26.1 Å². The maximum absolute atomic E-state index is 12.1. The lowest BCUT2D eigenvalue weighted by Crippen LogP contribution is -2.59. The Morgan fingerprint density at radius 1 is 1.39 bits per heavy atom. The van der Waals surface area contributed by atoms with Gasteiger partial charge >= 0.3 is 5.97 Å². The molecule has 4 N–H and O–H groups in total. The lowest BCUT2D eigenvalue weighted by Gasteiger charge is -2.34. The molecule has 1 atom stereocenters. The number of carbonyl (C=O) groups excluding carboxylic acids is 1. The van der Waals surface area contributed by atoms with Gasteiger partial charge in [0.05, 0.1) is 12.0 Å². The normalized spacial score (nSPS) is 20.4. The summed E-state index contributed by atoms with van der Waals surface area (Å²) >= 11 is 0. The zero-order valence-electron chi connectivity index (χ0n) is 10.9.